The van der Waals surface area contributed by atoms with Gasteiger partial charge in [-0.3, -0.25) is 0 Å². The van der Waals surface area contributed by atoms with Gasteiger partial charge in [-0.05, 0) is 43.3 Å². The van der Waals surface area contributed by atoms with E-state index in [1.807, 2.05) is 6.07 Å². The highest BCUT2D eigenvalue weighted by Crippen LogP contribution is 2.41. The van der Waals surface area contributed by atoms with Crippen LogP contribution in [0.4, 0.5) is 5.69 Å². The monoisotopic (exact) mass is 408 g/mol. The van der Waals surface area contributed by atoms with Crippen LogP contribution in [0.25, 0.3) is 11.4 Å². The molecule has 0 saturated carbocycles. The number of anilines is 1. The molecular formula is C21H20N4O5. The molecule has 0 bridgehead atoms. The Hall–Kier alpha value is -4.06. The first-order valence-corrected chi connectivity index (χ1v) is 8.91. The predicted octanol–water partition coefficient (Wildman–Crippen LogP) is 3.35. The molecule has 1 unspecified atom stereocenters. The van der Waals surface area contributed by atoms with Crippen LogP contribution in [0.3, 0.4) is 0 Å². The fourth-order valence-corrected chi connectivity index (χ4v) is 3.04. The zero-order valence-electron chi connectivity index (χ0n) is 16.9. The van der Waals surface area contributed by atoms with Crippen molar-refractivity contribution in [3.8, 4) is 29.0 Å². The SMILES string of the molecule is COc1cc(-c2noc(C)n2)c(C(C)(Nc2ccc(C#N)cc2)C(=O)O)cc1OC. The van der Waals surface area contributed by atoms with E-state index in [9.17, 15) is 9.90 Å². The Morgan fingerprint density at radius 1 is 1.20 bits per heavy atom. The second-order valence-electron chi connectivity index (χ2n) is 6.63. The van der Waals surface area contributed by atoms with E-state index in [1.165, 1.54) is 21.1 Å². The lowest BCUT2D eigenvalue weighted by Crippen LogP contribution is -2.41. The molecule has 0 fully saturated rings. The number of aryl methyl sites for hydroxylation is 1. The third kappa shape index (κ3) is 3.75. The number of hydrogen-bond donors (Lipinski definition) is 2. The van der Waals surface area contributed by atoms with Crippen LogP contribution in [-0.2, 0) is 10.3 Å². The molecule has 1 aromatic heterocycles. The number of aliphatic carboxylic acids is 1. The summed E-state index contributed by atoms with van der Waals surface area (Å²) in [4.78, 5) is 16.7. The Labute approximate surface area is 172 Å². The summed E-state index contributed by atoms with van der Waals surface area (Å²) in [5, 5.41) is 26.1. The Balaban J connectivity index is 2.21. The first-order chi connectivity index (χ1) is 14.3. The van der Waals surface area contributed by atoms with Crippen molar-refractivity contribution in [1.29, 1.82) is 5.26 Å². The van der Waals surface area contributed by atoms with Gasteiger partial charge in [0.2, 0.25) is 11.7 Å². The minimum absolute atomic E-state index is 0.220. The number of carboxylic acids is 1. The molecule has 9 nitrogen and oxygen atoms in total. The number of carboxylic acid groups (broad SMARTS) is 1. The van der Waals surface area contributed by atoms with Gasteiger partial charge in [0.15, 0.2) is 17.0 Å². The molecule has 0 amide bonds. The van der Waals surface area contributed by atoms with Gasteiger partial charge in [-0.15, -0.1) is 0 Å². The predicted molar refractivity (Wildman–Crippen MR) is 107 cm³/mol. The fourth-order valence-electron chi connectivity index (χ4n) is 3.04. The fraction of sp³-hybridized carbons (Fsp3) is 0.238. The van der Waals surface area contributed by atoms with Crippen LogP contribution in [0.1, 0.15) is 23.9 Å². The van der Waals surface area contributed by atoms with Gasteiger partial charge in [-0.25, -0.2) is 4.79 Å². The number of hydrogen-bond acceptors (Lipinski definition) is 8. The third-order valence-corrected chi connectivity index (χ3v) is 4.67. The molecule has 0 aliphatic heterocycles. The van der Waals surface area contributed by atoms with E-state index in [2.05, 4.69) is 15.5 Å². The minimum Gasteiger partial charge on any atom is -0.493 e. The molecule has 0 saturated heterocycles. The Morgan fingerprint density at radius 2 is 1.83 bits per heavy atom. The number of nitrogens with zero attached hydrogens (tertiary/aromatic N) is 3. The highest BCUT2D eigenvalue weighted by Gasteiger charge is 2.39. The maximum atomic E-state index is 12.4. The number of ether oxygens (including phenoxy) is 2. The van der Waals surface area contributed by atoms with Crippen molar-refractivity contribution < 1.29 is 23.9 Å². The van der Waals surface area contributed by atoms with Crippen molar-refractivity contribution in [3.05, 3.63) is 53.4 Å². The molecule has 0 aliphatic rings. The second kappa shape index (κ2) is 8.13. The molecular weight excluding hydrogens is 388 g/mol. The summed E-state index contributed by atoms with van der Waals surface area (Å²) in [6, 6.07) is 11.7. The average molecular weight is 408 g/mol. The molecule has 2 N–H and O–H groups in total. The van der Waals surface area contributed by atoms with Crippen LogP contribution >= 0.6 is 0 Å². The lowest BCUT2D eigenvalue weighted by atomic mass is 9.86. The standard InChI is InChI=1S/C21H20N4O5/c1-12-23-19(25-30-12)15-9-17(28-3)18(29-4)10-16(15)21(2,20(26)27)24-14-7-5-13(11-22)6-8-14/h5-10,24H,1-4H3,(H,26,27). The zero-order valence-corrected chi connectivity index (χ0v) is 16.9. The zero-order chi connectivity index (χ0) is 21.9. The number of nitriles is 1. The minimum atomic E-state index is -1.60. The van der Waals surface area contributed by atoms with Crippen molar-refractivity contribution in [2.45, 2.75) is 19.4 Å². The van der Waals surface area contributed by atoms with Crippen molar-refractivity contribution in [1.82, 2.24) is 10.1 Å². The third-order valence-electron chi connectivity index (χ3n) is 4.67. The van der Waals surface area contributed by atoms with Gasteiger partial charge in [0.05, 0.1) is 25.9 Å². The smallest absolute Gasteiger partial charge is 0.333 e. The number of methoxy groups -OCH3 is 2. The first-order valence-electron chi connectivity index (χ1n) is 8.91. The Bertz CT molecular complexity index is 1120. The number of rotatable bonds is 7. The number of benzene rings is 2. The average Bonchev–Trinajstić information content (AvgIpc) is 3.19. The van der Waals surface area contributed by atoms with Crippen LogP contribution in [-0.4, -0.2) is 35.4 Å². The molecule has 3 aromatic rings. The van der Waals surface area contributed by atoms with Crippen molar-refractivity contribution in [2.24, 2.45) is 0 Å². The number of aromatic nitrogens is 2. The van der Waals surface area contributed by atoms with Crippen LogP contribution in [0.15, 0.2) is 40.9 Å². The Kier molecular flexibility index (Phi) is 5.60. The maximum absolute atomic E-state index is 12.4. The summed E-state index contributed by atoms with van der Waals surface area (Å²) >= 11 is 0. The van der Waals surface area contributed by atoms with E-state index in [-0.39, 0.29) is 5.82 Å². The van der Waals surface area contributed by atoms with E-state index in [4.69, 9.17) is 19.3 Å². The van der Waals surface area contributed by atoms with Gasteiger partial charge < -0.3 is 24.4 Å². The van der Waals surface area contributed by atoms with Crippen LogP contribution < -0.4 is 14.8 Å². The largest absolute Gasteiger partial charge is 0.493 e. The van der Waals surface area contributed by atoms with Gasteiger partial charge in [-0.1, -0.05) is 5.16 Å². The number of nitrogens with one attached hydrogen (secondary N) is 1. The van der Waals surface area contributed by atoms with Gasteiger partial charge in [0.25, 0.3) is 0 Å². The molecule has 1 atom stereocenters. The van der Waals surface area contributed by atoms with Gasteiger partial charge in [0, 0.05) is 23.7 Å². The highest BCUT2D eigenvalue weighted by molar-refractivity contribution is 5.88. The summed E-state index contributed by atoms with van der Waals surface area (Å²) in [7, 11) is 2.94. The van der Waals surface area contributed by atoms with Crippen molar-refractivity contribution in [3.63, 3.8) is 0 Å². The molecule has 154 valence electrons. The normalized spacial score (nSPS) is 12.5. The molecule has 9 heteroatoms. The van der Waals surface area contributed by atoms with E-state index in [0.717, 1.165) is 0 Å². The van der Waals surface area contributed by atoms with E-state index in [0.29, 0.717) is 39.8 Å². The van der Waals surface area contributed by atoms with Crippen LogP contribution in [0, 0.1) is 18.3 Å². The topological polar surface area (TPSA) is 130 Å². The second-order valence-corrected chi connectivity index (χ2v) is 6.63. The summed E-state index contributed by atoms with van der Waals surface area (Å²) in [5.41, 5.74) is 0.140. The van der Waals surface area contributed by atoms with E-state index < -0.39 is 11.5 Å². The van der Waals surface area contributed by atoms with Crippen LogP contribution in [0.2, 0.25) is 0 Å². The molecule has 0 radical (unpaired) electrons. The van der Waals surface area contributed by atoms with Crippen LogP contribution in [0.5, 0.6) is 11.5 Å². The maximum Gasteiger partial charge on any atom is 0.333 e. The van der Waals surface area contributed by atoms with Gasteiger partial charge in [0.1, 0.15) is 0 Å². The van der Waals surface area contributed by atoms with Gasteiger partial charge in [-0.2, -0.15) is 10.2 Å². The lowest BCUT2D eigenvalue weighted by molar-refractivity contribution is -0.142. The Morgan fingerprint density at radius 3 is 2.33 bits per heavy atom. The molecule has 30 heavy (non-hydrogen) atoms. The van der Waals surface area contributed by atoms with Gasteiger partial charge >= 0.3 is 5.97 Å². The molecule has 0 spiro atoms. The summed E-state index contributed by atoms with van der Waals surface area (Å²) in [5.74, 6) is 0.163. The summed E-state index contributed by atoms with van der Waals surface area (Å²) < 4.78 is 15.8. The lowest BCUT2D eigenvalue weighted by Gasteiger charge is -2.30. The quantitative estimate of drug-likeness (QED) is 0.604. The summed E-state index contributed by atoms with van der Waals surface area (Å²) in [6.45, 7) is 3.16. The van der Waals surface area contributed by atoms with Crippen molar-refractivity contribution in [2.75, 3.05) is 19.5 Å². The highest BCUT2D eigenvalue weighted by atomic mass is 16.5. The molecule has 1 heterocycles. The van der Waals surface area contributed by atoms with E-state index in [1.54, 1.807) is 43.3 Å². The number of carbonyl (C=O) groups is 1. The molecule has 3 rings (SSSR count). The van der Waals surface area contributed by atoms with E-state index >= 15 is 0 Å². The first kappa shape index (κ1) is 20.7. The van der Waals surface area contributed by atoms with Crippen molar-refractivity contribution >= 4 is 11.7 Å². The molecule has 2 aromatic carbocycles. The molecule has 0 aliphatic carbocycles. The summed E-state index contributed by atoms with van der Waals surface area (Å²) in [6.07, 6.45) is 0.